The summed E-state index contributed by atoms with van der Waals surface area (Å²) < 4.78 is 5.30. The van der Waals surface area contributed by atoms with Gasteiger partial charge in [-0.2, -0.15) is 0 Å². The van der Waals surface area contributed by atoms with Crippen LogP contribution in [0.2, 0.25) is 5.02 Å². The Labute approximate surface area is 99.6 Å². The number of benzene rings is 2. The van der Waals surface area contributed by atoms with Crippen LogP contribution in [0.3, 0.4) is 0 Å². The van der Waals surface area contributed by atoms with Crippen molar-refractivity contribution in [3.8, 4) is 16.9 Å². The zero-order valence-electron chi connectivity index (χ0n) is 8.91. The van der Waals surface area contributed by atoms with Crippen molar-refractivity contribution in [1.29, 1.82) is 0 Å². The molecule has 2 rings (SSSR count). The molecular formula is C13H12ClNO. The number of anilines is 1. The molecule has 0 saturated heterocycles. The Morgan fingerprint density at radius 2 is 1.88 bits per heavy atom. The lowest BCUT2D eigenvalue weighted by molar-refractivity contribution is 0.416. The van der Waals surface area contributed by atoms with Crippen LogP contribution in [0.15, 0.2) is 42.5 Å². The molecule has 2 aromatic rings. The third kappa shape index (κ3) is 1.97. The summed E-state index contributed by atoms with van der Waals surface area (Å²) in [5.74, 6) is 0.823. The van der Waals surface area contributed by atoms with E-state index in [1.54, 1.807) is 13.2 Å². The quantitative estimate of drug-likeness (QED) is 0.805. The molecule has 0 aliphatic rings. The van der Waals surface area contributed by atoms with E-state index in [-0.39, 0.29) is 0 Å². The molecule has 2 nitrogen and oxygen atoms in total. The summed E-state index contributed by atoms with van der Waals surface area (Å²) in [5, 5.41) is 0.559. The average Bonchev–Trinajstić information content (AvgIpc) is 2.32. The van der Waals surface area contributed by atoms with Gasteiger partial charge in [0.15, 0.2) is 0 Å². The normalized spacial score (nSPS) is 10.1. The lowest BCUT2D eigenvalue weighted by Crippen LogP contribution is -1.89. The van der Waals surface area contributed by atoms with Crippen molar-refractivity contribution in [2.75, 3.05) is 12.8 Å². The number of hydrogen-bond donors (Lipinski definition) is 1. The third-order valence-electron chi connectivity index (χ3n) is 2.42. The van der Waals surface area contributed by atoms with Gasteiger partial charge in [0.25, 0.3) is 0 Å². The standard InChI is InChI=1S/C13H12ClNO/c1-16-13-5-3-2-4-10(13)9-6-7-12(15)11(14)8-9/h2-8H,15H2,1H3. The molecule has 0 aliphatic heterocycles. The van der Waals surface area contributed by atoms with Crippen LogP contribution in [0.5, 0.6) is 5.75 Å². The summed E-state index contributed by atoms with van der Waals surface area (Å²) in [6, 6.07) is 13.4. The summed E-state index contributed by atoms with van der Waals surface area (Å²) in [4.78, 5) is 0. The van der Waals surface area contributed by atoms with E-state index in [2.05, 4.69) is 0 Å². The van der Waals surface area contributed by atoms with Crippen molar-refractivity contribution in [3.63, 3.8) is 0 Å². The molecule has 0 radical (unpaired) electrons. The van der Waals surface area contributed by atoms with E-state index < -0.39 is 0 Å². The molecule has 0 bridgehead atoms. The lowest BCUT2D eigenvalue weighted by atomic mass is 10.0. The van der Waals surface area contributed by atoms with Crippen molar-refractivity contribution >= 4 is 17.3 Å². The van der Waals surface area contributed by atoms with Gasteiger partial charge in [0.2, 0.25) is 0 Å². The average molecular weight is 234 g/mol. The first-order chi connectivity index (χ1) is 7.72. The summed E-state index contributed by atoms with van der Waals surface area (Å²) in [6.45, 7) is 0. The maximum atomic E-state index is 5.99. The molecule has 0 heterocycles. The van der Waals surface area contributed by atoms with Gasteiger partial charge in [-0.3, -0.25) is 0 Å². The van der Waals surface area contributed by atoms with E-state index in [0.29, 0.717) is 10.7 Å². The minimum atomic E-state index is 0.559. The topological polar surface area (TPSA) is 35.2 Å². The van der Waals surface area contributed by atoms with Gasteiger partial charge in [-0.15, -0.1) is 0 Å². The molecule has 3 heteroatoms. The number of nitrogen functional groups attached to an aromatic ring is 1. The SMILES string of the molecule is COc1ccccc1-c1ccc(N)c(Cl)c1. The van der Waals surface area contributed by atoms with Gasteiger partial charge in [0.1, 0.15) is 5.75 Å². The van der Waals surface area contributed by atoms with Crippen molar-refractivity contribution in [2.24, 2.45) is 0 Å². The number of rotatable bonds is 2. The van der Waals surface area contributed by atoms with Crippen molar-refractivity contribution in [2.45, 2.75) is 0 Å². The van der Waals surface area contributed by atoms with Crippen molar-refractivity contribution in [1.82, 2.24) is 0 Å². The van der Waals surface area contributed by atoms with Gasteiger partial charge in [0.05, 0.1) is 17.8 Å². The van der Waals surface area contributed by atoms with E-state index in [9.17, 15) is 0 Å². The Morgan fingerprint density at radius 3 is 2.56 bits per heavy atom. The maximum Gasteiger partial charge on any atom is 0.126 e. The molecule has 0 atom stereocenters. The van der Waals surface area contributed by atoms with Crippen LogP contribution in [-0.2, 0) is 0 Å². The highest BCUT2D eigenvalue weighted by Crippen LogP contribution is 2.32. The van der Waals surface area contributed by atoms with E-state index in [4.69, 9.17) is 22.1 Å². The molecule has 0 unspecified atom stereocenters. The van der Waals surface area contributed by atoms with Crippen LogP contribution in [-0.4, -0.2) is 7.11 Å². The molecule has 2 N–H and O–H groups in total. The van der Waals surface area contributed by atoms with Crippen LogP contribution >= 0.6 is 11.6 Å². The first kappa shape index (κ1) is 10.8. The fourth-order valence-electron chi connectivity index (χ4n) is 1.58. The molecule has 0 saturated carbocycles. The largest absolute Gasteiger partial charge is 0.496 e. The fourth-order valence-corrected chi connectivity index (χ4v) is 1.76. The Hall–Kier alpha value is -1.67. The molecule has 16 heavy (non-hydrogen) atoms. The van der Waals surface area contributed by atoms with Gasteiger partial charge < -0.3 is 10.5 Å². The number of methoxy groups -OCH3 is 1. The first-order valence-corrected chi connectivity index (χ1v) is 5.28. The summed E-state index contributed by atoms with van der Waals surface area (Å²) in [7, 11) is 1.65. The molecule has 82 valence electrons. The maximum absolute atomic E-state index is 5.99. The highest BCUT2D eigenvalue weighted by atomic mass is 35.5. The number of halogens is 1. The van der Waals surface area contributed by atoms with Gasteiger partial charge >= 0.3 is 0 Å². The zero-order chi connectivity index (χ0) is 11.5. The summed E-state index contributed by atoms with van der Waals surface area (Å²) in [6.07, 6.45) is 0. The van der Waals surface area contributed by atoms with Crippen LogP contribution in [0.25, 0.3) is 11.1 Å². The number of para-hydroxylation sites is 1. The lowest BCUT2D eigenvalue weighted by Gasteiger charge is -2.09. The second-order valence-corrected chi connectivity index (χ2v) is 3.84. The van der Waals surface area contributed by atoms with Gasteiger partial charge in [0, 0.05) is 5.56 Å². The van der Waals surface area contributed by atoms with Crippen molar-refractivity contribution in [3.05, 3.63) is 47.5 Å². The molecule has 0 spiro atoms. The van der Waals surface area contributed by atoms with E-state index >= 15 is 0 Å². The summed E-state index contributed by atoms with van der Waals surface area (Å²) in [5.41, 5.74) is 8.26. The molecule has 0 fully saturated rings. The van der Waals surface area contributed by atoms with Crippen LogP contribution < -0.4 is 10.5 Å². The van der Waals surface area contributed by atoms with E-state index in [1.165, 1.54) is 0 Å². The Bertz CT molecular complexity index is 511. The van der Waals surface area contributed by atoms with Crippen molar-refractivity contribution < 1.29 is 4.74 Å². The number of hydrogen-bond acceptors (Lipinski definition) is 2. The highest BCUT2D eigenvalue weighted by molar-refractivity contribution is 6.33. The zero-order valence-corrected chi connectivity index (χ0v) is 9.66. The number of ether oxygens (including phenoxy) is 1. The Kier molecular flexibility index (Phi) is 3.02. The number of nitrogens with two attached hydrogens (primary N) is 1. The Morgan fingerprint density at radius 1 is 1.12 bits per heavy atom. The predicted octanol–water partition coefficient (Wildman–Crippen LogP) is 3.60. The molecule has 2 aromatic carbocycles. The second-order valence-electron chi connectivity index (χ2n) is 3.44. The highest BCUT2D eigenvalue weighted by Gasteiger charge is 2.06. The summed E-state index contributed by atoms with van der Waals surface area (Å²) >= 11 is 5.99. The molecular weight excluding hydrogens is 222 g/mol. The van der Waals surface area contributed by atoms with Crippen LogP contribution in [0.4, 0.5) is 5.69 Å². The second kappa shape index (κ2) is 4.45. The molecule has 0 amide bonds. The first-order valence-electron chi connectivity index (χ1n) is 4.91. The minimum Gasteiger partial charge on any atom is -0.496 e. The van der Waals surface area contributed by atoms with Gasteiger partial charge in [-0.05, 0) is 23.8 Å². The van der Waals surface area contributed by atoms with E-state index in [1.807, 2.05) is 36.4 Å². The predicted molar refractivity (Wildman–Crippen MR) is 67.9 cm³/mol. The molecule has 0 aromatic heterocycles. The van der Waals surface area contributed by atoms with Crippen LogP contribution in [0, 0.1) is 0 Å². The smallest absolute Gasteiger partial charge is 0.126 e. The van der Waals surface area contributed by atoms with Crippen LogP contribution in [0.1, 0.15) is 0 Å². The van der Waals surface area contributed by atoms with E-state index in [0.717, 1.165) is 16.9 Å². The third-order valence-corrected chi connectivity index (χ3v) is 2.75. The fraction of sp³-hybridized carbons (Fsp3) is 0.0769. The minimum absolute atomic E-state index is 0.559. The van der Waals surface area contributed by atoms with Gasteiger partial charge in [-0.25, -0.2) is 0 Å². The van der Waals surface area contributed by atoms with Gasteiger partial charge in [-0.1, -0.05) is 35.9 Å². The molecule has 0 aliphatic carbocycles. The monoisotopic (exact) mass is 233 g/mol. The Balaban J connectivity index is 2.54.